The molecule has 0 atom stereocenters. The van der Waals surface area contributed by atoms with Gasteiger partial charge in [-0.25, -0.2) is 9.67 Å². The molecule has 0 bridgehead atoms. The SMILES string of the molecule is Cc1cc(C)n(-c2cncc(NCC(C)(C)N3CCOCC3)n2)n1. The molecular weight excluding hydrogens is 304 g/mol. The van der Waals surface area contributed by atoms with Crippen LogP contribution in [0.5, 0.6) is 0 Å². The quantitative estimate of drug-likeness (QED) is 0.902. The van der Waals surface area contributed by atoms with Gasteiger partial charge < -0.3 is 10.1 Å². The molecule has 1 saturated heterocycles. The summed E-state index contributed by atoms with van der Waals surface area (Å²) in [4.78, 5) is 11.4. The maximum absolute atomic E-state index is 5.44. The van der Waals surface area contributed by atoms with Crippen LogP contribution in [-0.4, -0.2) is 63.0 Å². The molecule has 3 heterocycles. The maximum Gasteiger partial charge on any atom is 0.174 e. The van der Waals surface area contributed by atoms with Crippen LogP contribution in [0.3, 0.4) is 0 Å². The van der Waals surface area contributed by atoms with Gasteiger partial charge in [0.15, 0.2) is 5.82 Å². The van der Waals surface area contributed by atoms with Gasteiger partial charge in [0.1, 0.15) is 5.82 Å². The third-order valence-electron chi connectivity index (χ3n) is 4.42. The predicted molar refractivity (Wildman–Crippen MR) is 93.6 cm³/mol. The number of nitrogens with one attached hydrogen (secondary N) is 1. The first-order chi connectivity index (χ1) is 11.5. The van der Waals surface area contributed by atoms with Crippen molar-refractivity contribution in [3.8, 4) is 5.82 Å². The van der Waals surface area contributed by atoms with E-state index in [9.17, 15) is 0 Å². The second-order valence-corrected chi connectivity index (χ2v) is 6.87. The number of hydrogen-bond donors (Lipinski definition) is 1. The maximum atomic E-state index is 5.44. The van der Waals surface area contributed by atoms with Crippen LogP contribution >= 0.6 is 0 Å². The molecular formula is C17H26N6O. The Morgan fingerprint density at radius 1 is 1.21 bits per heavy atom. The van der Waals surface area contributed by atoms with E-state index >= 15 is 0 Å². The van der Waals surface area contributed by atoms with Gasteiger partial charge in [-0.3, -0.25) is 9.88 Å². The fourth-order valence-corrected chi connectivity index (χ4v) is 2.99. The Bertz CT molecular complexity index is 690. The predicted octanol–water partition coefficient (Wildman–Crippen LogP) is 1.80. The average Bonchev–Trinajstić information content (AvgIpc) is 2.93. The first kappa shape index (κ1) is 16.9. The van der Waals surface area contributed by atoms with Gasteiger partial charge in [0.05, 0.1) is 31.3 Å². The Kier molecular flexibility index (Phi) is 4.82. The van der Waals surface area contributed by atoms with E-state index in [-0.39, 0.29) is 5.54 Å². The van der Waals surface area contributed by atoms with E-state index in [0.717, 1.165) is 55.9 Å². The molecule has 0 amide bonds. The number of hydrogen-bond acceptors (Lipinski definition) is 6. The minimum Gasteiger partial charge on any atom is -0.379 e. The minimum absolute atomic E-state index is 0.0274. The van der Waals surface area contributed by atoms with Crippen LogP contribution in [0.2, 0.25) is 0 Å². The third-order valence-corrected chi connectivity index (χ3v) is 4.42. The van der Waals surface area contributed by atoms with E-state index in [2.05, 4.69) is 39.1 Å². The molecule has 3 rings (SSSR count). The molecule has 130 valence electrons. The summed E-state index contributed by atoms with van der Waals surface area (Å²) in [6, 6.07) is 2.03. The minimum atomic E-state index is 0.0274. The lowest BCUT2D eigenvalue weighted by Crippen LogP contribution is -2.53. The molecule has 2 aromatic rings. The van der Waals surface area contributed by atoms with Crippen molar-refractivity contribution in [2.45, 2.75) is 33.2 Å². The van der Waals surface area contributed by atoms with Gasteiger partial charge in [-0.2, -0.15) is 5.10 Å². The molecule has 24 heavy (non-hydrogen) atoms. The highest BCUT2D eigenvalue weighted by atomic mass is 16.5. The van der Waals surface area contributed by atoms with Crippen LogP contribution in [0.1, 0.15) is 25.2 Å². The van der Waals surface area contributed by atoms with Gasteiger partial charge in [-0.05, 0) is 33.8 Å². The van der Waals surface area contributed by atoms with Gasteiger partial charge in [-0.1, -0.05) is 0 Å². The van der Waals surface area contributed by atoms with E-state index in [0.29, 0.717) is 0 Å². The van der Waals surface area contributed by atoms with Crippen molar-refractivity contribution in [3.63, 3.8) is 0 Å². The highest BCUT2D eigenvalue weighted by Gasteiger charge is 2.28. The average molecular weight is 330 g/mol. The van der Waals surface area contributed by atoms with E-state index in [4.69, 9.17) is 4.74 Å². The largest absolute Gasteiger partial charge is 0.379 e. The van der Waals surface area contributed by atoms with Crippen LogP contribution < -0.4 is 5.32 Å². The highest BCUT2D eigenvalue weighted by Crippen LogP contribution is 2.17. The monoisotopic (exact) mass is 330 g/mol. The Morgan fingerprint density at radius 3 is 2.62 bits per heavy atom. The molecule has 0 spiro atoms. The van der Waals surface area contributed by atoms with Gasteiger partial charge in [0, 0.05) is 30.9 Å². The van der Waals surface area contributed by atoms with Crippen molar-refractivity contribution in [1.29, 1.82) is 0 Å². The zero-order chi connectivity index (χ0) is 17.2. The summed E-state index contributed by atoms with van der Waals surface area (Å²) in [5.41, 5.74) is 2.05. The first-order valence-electron chi connectivity index (χ1n) is 8.38. The summed E-state index contributed by atoms with van der Waals surface area (Å²) in [6.07, 6.45) is 3.49. The zero-order valence-electron chi connectivity index (χ0n) is 14.9. The van der Waals surface area contributed by atoms with Crippen LogP contribution in [0.15, 0.2) is 18.5 Å². The molecule has 1 aliphatic rings. The molecule has 7 heteroatoms. The number of morpholine rings is 1. The van der Waals surface area contributed by atoms with Gasteiger partial charge >= 0.3 is 0 Å². The lowest BCUT2D eigenvalue weighted by molar-refractivity contribution is -0.00570. The Morgan fingerprint density at radius 2 is 1.96 bits per heavy atom. The highest BCUT2D eigenvalue weighted by molar-refractivity contribution is 5.37. The Balaban J connectivity index is 1.69. The third kappa shape index (κ3) is 3.73. The van der Waals surface area contributed by atoms with Crippen molar-refractivity contribution in [1.82, 2.24) is 24.6 Å². The van der Waals surface area contributed by atoms with Gasteiger partial charge in [0.2, 0.25) is 0 Å². The van der Waals surface area contributed by atoms with Crippen molar-refractivity contribution in [2.24, 2.45) is 0 Å². The fraction of sp³-hybridized carbons (Fsp3) is 0.588. The van der Waals surface area contributed by atoms with Crippen molar-refractivity contribution >= 4 is 5.82 Å². The van der Waals surface area contributed by atoms with E-state index in [1.54, 1.807) is 12.4 Å². The summed E-state index contributed by atoms with van der Waals surface area (Å²) in [6.45, 7) is 12.8. The Labute approximate surface area is 143 Å². The molecule has 7 nitrogen and oxygen atoms in total. The van der Waals surface area contributed by atoms with Gasteiger partial charge in [0.25, 0.3) is 0 Å². The standard InChI is InChI=1S/C17H26N6O/c1-13-9-14(2)23(21-13)16-11-18-10-15(20-16)19-12-17(3,4)22-5-7-24-8-6-22/h9-11H,5-8,12H2,1-4H3,(H,19,20). The normalized spacial score (nSPS) is 16.3. The van der Waals surface area contributed by atoms with Crippen molar-refractivity contribution in [3.05, 3.63) is 29.8 Å². The number of ether oxygens (including phenoxy) is 1. The number of aromatic nitrogens is 4. The van der Waals surface area contributed by atoms with Crippen LogP contribution in [-0.2, 0) is 4.74 Å². The molecule has 0 radical (unpaired) electrons. The molecule has 2 aromatic heterocycles. The summed E-state index contributed by atoms with van der Waals surface area (Å²) in [7, 11) is 0. The zero-order valence-corrected chi connectivity index (χ0v) is 14.9. The molecule has 1 N–H and O–H groups in total. The fourth-order valence-electron chi connectivity index (χ4n) is 2.99. The number of aryl methyl sites for hydroxylation is 2. The van der Waals surface area contributed by atoms with Gasteiger partial charge in [-0.15, -0.1) is 0 Å². The van der Waals surface area contributed by atoms with Crippen LogP contribution in [0, 0.1) is 13.8 Å². The Hall–Kier alpha value is -1.99. The number of anilines is 1. The van der Waals surface area contributed by atoms with Crippen LogP contribution in [0.4, 0.5) is 5.82 Å². The topological polar surface area (TPSA) is 68.1 Å². The molecule has 0 aromatic carbocycles. The first-order valence-corrected chi connectivity index (χ1v) is 8.38. The number of rotatable bonds is 5. The summed E-state index contributed by atoms with van der Waals surface area (Å²) < 4.78 is 7.26. The van der Waals surface area contributed by atoms with Crippen molar-refractivity contribution in [2.75, 3.05) is 38.2 Å². The molecule has 1 fully saturated rings. The smallest absolute Gasteiger partial charge is 0.174 e. The lowest BCUT2D eigenvalue weighted by atomic mass is 10.0. The van der Waals surface area contributed by atoms with Crippen molar-refractivity contribution < 1.29 is 4.74 Å². The second-order valence-electron chi connectivity index (χ2n) is 6.87. The molecule has 0 saturated carbocycles. The van der Waals surface area contributed by atoms with E-state index in [1.165, 1.54) is 0 Å². The molecule has 0 aliphatic carbocycles. The summed E-state index contributed by atoms with van der Waals surface area (Å²) >= 11 is 0. The van der Waals surface area contributed by atoms with Crippen LogP contribution in [0.25, 0.3) is 5.82 Å². The lowest BCUT2D eigenvalue weighted by Gasteiger charge is -2.40. The second kappa shape index (κ2) is 6.86. The van der Waals surface area contributed by atoms with E-state index in [1.807, 2.05) is 24.6 Å². The molecule has 0 unspecified atom stereocenters. The van der Waals surface area contributed by atoms with E-state index < -0.39 is 0 Å². The number of nitrogens with zero attached hydrogens (tertiary/aromatic N) is 5. The summed E-state index contributed by atoms with van der Waals surface area (Å²) in [5.74, 6) is 1.50. The summed E-state index contributed by atoms with van der Waals surface area (Å²) in [5, 5.41) is 7.89. The molecule has 1 aliphatic heterocycles.